The summed E-state index contributed by atoms with van der Waals surface area (Å²) >= 11 is 0. The fourth-order valence-electron chi connectivity index (χ4n) is 2.51. The van der Waals surface area contributed by atoms with Gasteiger partial charge in [-0.25, -0.2) is 0 Å². The highest BCUT2D eigenvalue weighted by atomic mass is 16.5. The summed E-state index contributed by atoms with van der Waals surface area (Å²) in [6.07, 6.45) is 4.06. The number of nitrogen functional groups attached to an aromatic ring is 1. The SMILES string of the molecule is COc1ccccc1N(C)C(=O)c1cc(N)cn1C1CC1. The second-order valence-corrected chi connectivity index (χ2v) is 5.33. The Morgan fingerprint density at radius 3 is 2.76 bits per heavy atom. The third-order valence-corrected chi connectivity index (χ3v) is 3.78. The van der Waals surface area contributed by atoms with Crippen molar-refractivity contribution in [1.29, 1.82) is 0 Å². The van der Waals surface area contributed by atoms with Gasteiger partial charge in [-0.2, -0.15) is 0 Å². The zero-order valence-corrected chi connectivity index (χ0v) is 12.2. The molecule has 1 fully saturated rings. The summed E-state index contributed by atoms with van der Waals surface area (Å²) in [5.41, 5.74) is 7.86. The molecule has 110 valence electrons. The molecule has 3 rings (SSSR count). The second-order valence-electron chi connectivity index (χ2n) is 5.33. The number of carbonyl (C=O) groups excluding carboxylic acids is 1. The quantitative estimate of drug-likeness (QED) is 0.939. The van der Waals surface area contributed by atoms with Crippen LogP contribution in [0.1, 0.15) is 29.4 Å². The predicted molar refractivity (Wildman–Crippen MR) is 82.8 cm³/mol. The van der Waals surface area contributed by atoms with Crippen LogP contribution in [0.4, 0.5) is 11.4 Å². The number of carbonyl (C=O) groups is 1. The predicted octanol–water partition coefficient (Wildman–Crippen LogP) is 2.69. The second kappa shape index (κ2) is 5.16. The molecule has 0 atom stereocenters. The van der Waals surface area contributed by atoms with Gasteiger partial charge >= 0.3 is 0 Å². The summed E-state index contributed by atoms with van der Waals surface area (Å²) in [6, 6.07) is 9.62. The van der Waals surface area contributed by atoms with Gasteiger partial charge in [0.2, 0.25) is 0 Å². The van der Waals surface area contributed by atoms with Crippen molar-refractivity contribution in [2.24, 2.45) is 0 Å². The summed E-state index contributed by atoms with van der Waals surface area (Å²) in [7, 11) is 3.35. The standard InChI is InChI=1S/C16H19N3O2/c1-18(13-5-3-4-6-15(13)21-2)16(20)14-9-11(17)10-19(14)12-7-8-12/h3-6,9-10,12H,7-8,17H2,1-2H3. The van der Waals surface area contributed by atoms with Crippen molar-refractivity contribution < 1.29 is 9.53 Å². The highest BCUT2D eigenvalue weighted by molar-refractivity contribution is 6.06. The summed E-state index contributed by atoms with van der Waals surface area (Å²) in [6.45, 7) is 0. The molecule has 0 aliphatic heterocycles. The third kappa shape index (κ3) is 2.46. The molecule has 1 aliphatic carbocycles. The minimum atomic E-state index is -0.0805. The van der Waals surface area contributed by atoms with Gasteiger partial charge in [0.05, 0.1) is 18.5 Å². The van der Waals surface area contributed by atoms with Crippen molar-refractivity contribution in [2.75, 3.05) is 24.8 Å². The number of methoxy groups -OCH3 is 1. The van der Waals surface area contributed by atoms with E-state index < -0.39 is 0 Å². The van der Waals surface area contributed by atoms with Crippen LogP contribution in [-0.2, 0) is 0 Å². The number of nitrogens with two attached hydrogens (primary N) is 1. The number of benzene rings is 1. The lowest BCUT2D eigenvalue weighted by atomic mass is 10.2. The number of para-hydroxylation sites is 2. The molecule has 5 nitrogen and oxygen atoms in total. The Morgan fingerprint density at radius 1 is 1.38 bits per heavy atom. The summed E-state index contributed by atoms with van der Waals surface area (Å²) in [5, 5.41) is 0. The van der Waals surface area contributed by atoms with Crippen LogP contribution < -0.4 is 15.4 Å². The first-order valence-electron chi connectivity index (χ1n) is 7.00. The normalized spacial score (nSPS) is 14.0. The Kier molecular flexibility index (Phi) is 3.33. The van der Waals surface area contributed by atoms with Crippen LogP contribution in [0.3, 0.4) is 0 Å². The van der Waals surface area contributed by atoms with Crippen LogP contribution in [-0.4, -0.2) is 24.6 Å². The molecule has 1 saturated carbocycles. The lowest BCUT2D eigenvalue weighted by Gasteiger charge is -2.20. The third-order valence-electron chi connectivity index (χ3n) is 3.78. The molecule has 5 heteroatoms. The molecular formula is C16H19N3O2. The molecule has 2 aromatic rings. The van der Waals surface area contributed by atoms with Gasteiger partial charge in [0.15, 0.2) is 0 Å². The number of rotatable bonds is 4. The molecule has 0 radical (unpaired) electrons. The van der Waals surface area contributed by atoms with Crippen molar-refractivity contribution in [3.05, 3.63) is 42.2 Å². The van der Waals surface area contributed by atoms with Crippen molar-refractivity contribution in [2.45, 2.75) is 18.9 Å². The van der Waals surface area contributed by atoms with Crippen LogP contribution in [0.25, 0.3) is 0 Å². The van der Waals surface area contributed by atoms with Gasteiger partial charge < -0.3 is 19.9 Å². The molecule has 1 aliphatic rings. The molecule has 0 saturated heterocycles. The molecule has 0 bridgehead atoms. The Morgan fingerprint density at radius 2 is 2.10 bits per heavy atom. The minimum absolute atomic E-state index is 0.0805. The van der Waals surface area contributed by atoms with Gasteiger partial charge in [-0.3, -0.25) is 4.79 Å². The summed E-state index contributed by atoms with van der Waals surface area (Å²) in [5.74, 6) is 0.592. The van der Waals surface area contributed by atoms with E-state index in [4.69, 9.17) is 10.5 Å². The average Bonchev–Trinajstić information content (AvgIpc) is 3.28. The molecule has 1 heterocycles. The fraction of sp³-hybridized carbons (Fsp3) is 0.312. The van der Waals surface area contributed by atoms with Crippen LogP contribution in [0.15, 0.2) is 36.5 Å². The number of aromatic nitrogens is 1. The first-order valence-corrected chi connectivity index (χ1v) is 7.00. The molecule has 1 amide bonds. The van der Waals surface area contributed by atoms with E-state index in [1.165, 1.54) is 0 Å². The number of amides is 1. The molecular weight excluding hydrogens is 266 g/mol. The number of ether oxygens (including phenoxy) is 1. The van der Waals surface area contributed by atoms with Gasteiger partial charge in [-0.15, -0.1) is 0 Å². The lowest BCUT2D eigenvalue weighted by Crippen LogP contribution is -2.28. The maximum atomic E-state index is 12.8. The van der Waals surface area contributed by atoms with E-state index in [0.29, 0.717) is 23.2 Å². The zero-order valence-electron chi connectivity index (χ0n) is 12.2. The van der Waals surface area contributed by atoms with Crippen molar-refractivity contribution in [3.63, 3.8) is 0 Å². The molecule has 0 unspecified atom stereocenters. The van der Waals surface area contributed by atoms with Crippen molar-refractivity contribution in [1.82, 2.24) is 4.57 Å². The number of anilines is 2. The van der Waals surface area contributed by atoms with E-state index in [9.17, 15) is 4.79 Å². The lowest BCUT2D eigenvalue weighted by molar-refractivity contribution is 0.0983. The molecule has 1 aromatic heterocycles. The van der Waals surface area contributed by atoms with Crippen molar-refractivity contribution in [3.8, 4) is 5.75 Å². The Bertz CT molecular complexity index is 674. The highest BCUT2D eigenvalue weighted by Crippen LogP contribution is 2.38. The van der Waals surface area contributed by atoms with E-state index in [1.807, 2.05) is 35.0 Å². The Labute approximate surface area is 123 Å². The fourth-order valence-corrected chi connectivity index (χ4v) is 2.51. The Hall–Kier alpha value is -2.43. The van der Waals surface area contributed by atoms with E-state index in [0.717, 1.165) is 18.5 Å². The monoisotopic (exact) mass is 285 g/mol. The number of nitrogens with zero attached hydrogens (tertiary/aromatic N) is 2. The molecule has 2 N–H and O–H groups in total. The van der Waals surface area contributed by atoms with Gasteiger partial charge in [0.1, 0.15) is 11.4 Å². The molecule has 1 aromatic carbocycles. The first-order chi connectivity index (χ1) is 10.1. The zero-order chi connectivity index (χ0) is 15.0. The maximum absolute atomic E-state index is 12.8. The van der Waals surface area contributed by atoms with E-state index >= 15 is 0 Å². The van der Waals surface area contributed by atoms with Gasteiger partial charge in [0.25, 0.3) is 5.91 Å². The first kappa shape index (κ1) is 13.5. The van der Waals surface area contributed by atoms with Crippen LogP contribution in [0.2, 0.25) is 0 Å². The van der Waals surface area contributed by atoms with Gasteiger partial charge in [0, 0.05) is 19.3 Å². The molecule has 0 spiro atoms. The smallest absolute Gasteiger partial charge is 0.274 e. The summed E-state index contributed by atoms with van der Waals surface area (Å²) in [4.78, 5) is 14.4. The van der Waals surface area contributed by atoms with E-state index in [2.05, 4.69) is 0 Å². The van der Waals surface area contributed by atoms with E-state index in [-0.39, 0.29) is 5.91 Å². The largest absolute Gasteiger partial charge is 0.495 e. The van der Waals surface area contributed by atoms with Crippen molar-refractivity contribution >= 4 is 17.3 Å². The summed E-state index contributed by atoms with van der Waals surface area (Å²) < 4.78 is 7.31. The van der Waals surface area contributed by atoms with Crippen LogP contribution in [0, 0.1) is 0 Å². The number of hydrogen-bond donors (Lipinski definition) is 1. The van der Waals surface area contributed by atoms with Crippen LogP contribution in [0.5, 0.6) is 5.75 Å². The van der Waals surface area contributed by atoms with Gasteiger partial charge in [-0.05, 0) is 31.0 Å². The highest BCUT2D eigenvalue weighted by Gasteiger charge is 2.29. The number of hydrogen-bond acceptors (Lipinski definition) is 3. The Balaban J connectivity index is 1.94. The topological polar surface area (TPSA) is 60.5 Å². The maximum Gasteiger partial charge on any atom is 0.274 e. The molecule has 21 heavy (non-hydrogen) atoms. The van der Waals surface area contributed by atoms with Crippen LogP contribution >= 0.6 is 0 Å². The minimum Gasteiger partial charge on any atom is -0.495 e. The van der Waals surface area contributed by atoms with Gasteiger partial charge in [-0.1, -0.05) is 12.1 Å². The van der Waals surface area contributed by atoms with E-state index in [1.54, 1.807) is 25.1 Å². The average molecular weight is 285 g/mol.